The van der Waals surface area contributed by atoms with E-state index >= 15 is 0 Å². The summed E-state index contributed by atoms with van der Waals surface area (Å²) in [6.45, 7) is 0. The van der Waals surface area contributed by atoms with Gasteiger partial charge < -0.3 is 5.32 Å². The third kappa shape index (κ3) is 2.43. The first-order valence-electron chi connectivity index (χ1n) is 5.97. The Hall–Kier alpha value is -1.46. The van der Waals surface area contributed by atoms with E-state index in [1.54, 1.807) is 24.3 Å². The van der Waals surface area contributed by atoms with E-state index in [4.69, 9.17) is 0 Å². The number of carbonyl (C=O) groups is 2. The lowest BCUT2D eigenvalue weighted by Gasteiger charge is -2.06. The molecule has 0 aliphatic carbocycles. The zero-order chi connectivity index (χ0) is 14.3. The summed E-state index contributed by atoms with van der Waals surface area (Å²) in [6, 6.07) is 10.8. The molecule has 0 unspecified atom stereocenters. The van der Waals surface area contributed by atoms with Crippen LogP contribution in [0.5, 0.6) is 0 Å². The molecule has 1 N–H and O–H groups in total. The van der Waals surface area contributed by atoms with Crippen LogP contribution in [0.2, 0.25) is 0 Å². The number of amides is 1. The lowest BCUT2D eigenvalue weighted by molar-refractivity contribution is -0.115. The van der Waals surface area contributed by atoms with E-state index in [1.807, 2.05) is 12.1 Å². The Balaban J connectivity index is 2.01. The summed E-state index contributed by atoms with van der Waals surface area (Å²) < 4.78 is 1.60. The molecule has 2 aromatic carbocycles. The van der Waals surface area contributed by atoms with Crippen molar-refractivity contribution in [1.82, 2.24) is 0 Å². The highest BCUT2D eigenvalue weighted by Crippen LogP contribution is 2.28. The molecular formula is C15H9Br2NO2. The smallest absolute Gasteiger partial charge is 0.228 e. The minimum atomic E-state index is -0.0691. The average Bonchev–Trinajstić information content (AvgIpc) is 2.79. The van der Waals surface area contributed by atoms with Crippen LogP contribution < -0.4 is 5.32 Å². The van der Waals surface area contributed by atoms with Gasteiger partial charge in [0.1, 0.15) is 0 Å². The summed E-state index contributed by atoms with van der Waals surface area (Å²) in [6.07, 6.45) is 0.329. The second-order valence-electron chi connectivity index (χ2n) is 4.55. The van der Waals surface area contributed by atoms with Crippen molar-refractivity contribution >= 4 is 49.2 Å². The van der Waals surface area contributed by atoms with Gasteiger partial charge in [-0.15, -0.1) is 0 Å². The zero-order valence-electron chi connectivity index (χ0n) is 10.2. The van der Waals surface area contributed by atoms with Crippen LogP contribution in [-0.4, -0.2) is 11.7 Å². The highest BCUT2D eigenvalue weighted by atomic mass is 79.9. The van der Waals surface area contributed by atoms with E-state index in [9.17, 15) is 9.59 Å². The van der Waals surface area contributed by atoms with Crippen molar-refractivity contribution in [3.05, 3.63) is 62.0 Å². The molecule has 5 heteroatoms. The van der Waals surface area contributed by atoms with Crippen LogP contribution in [0.3, 0.4) is 0 Å². The predicted octanol–water partition coefficient (Wildman–Crippen LogP) is 3.94. The second kappa shape index (κ2) is 5.14. The summed E-state index contributed by atoms with van der Waals surface area (Å²) in [4.78, 5) is 23.9. The van der Waals surface area contributed by atoms with Gasteiger partial charge in [0.25, 0.3) is 0 Å². The molecule has 100 valence electrons. The van der Waals surface area contributed by atoms with Crippen molar-refractivity contribution in [3.63, 3.8) is 0 Å². The molecule has 1 heterocycles. The van der Waals surface area contributed by atoms with Crippen molar-refractivity contribution in [2.45, 2.75) is 6.42 Å². The first kappa shape index (κ1) is 13.5. The molecule has 2 aromatic rings. The van der Waals surface area contributed by atoms with E-state index in [0.29, 0.717) is 17.5 Å². The van der Waals surface area contributed by atoms with Gasteiger partial charge in [-0.05, 0) is 42.0 Å². The SMILES string of the molecule is O=C1Cc2cc(C(=O)c3cc(Br)ccc3Br)ccc2N1. The van der Waals surface area contributed by atoms with Gasteiger partial charge in [-0.2, -0.15) is 0 Å². The summed E-state index contributed by atoms with van der Waals surface area (Å²) >= 11 is 6.76. The van der Waals surface area contributed by atoms with Gasteiger partial charge >= 0.3 is 0 Å². The van der Waals surface area contributed by atoms with Crippen LogP contribution in [0.25, 0.3) is 0 Å². The third-order valence-corrected chi connectivity index (χ3v) is 4.35. The van der Waals surface area contributed by atoms with Crippen LogP contribution >= 0.6 is 31.9 Å². The van der Waals surface area contributed by atoms with Gasteiger partial charge in [0.05, 0.1) is 6.42 Å². The fourth-order valence-corrected chi connectivity index (χ4v) is 2.99. The Morgan fingerprint density at radius 3 is 2.70 bits per heavy atom. The Labute approximate surface area is 132 Å². The largest absolute Gasteiger partial charge is 0.326 e. The molecule has 0 saturated heterocycles. The van der Waals surface area contributed by atoms with Gasteiger partial charge in [0.15, 0.2) is 5.78 Å². The maximum atomic E-state index is 12.5. The molecule has 0 fully saturated rings. The van der Waals surface area contributed by atoms with Crippen molar-refractivity contribution in [2.75, 3.05) is 5.32 Å². The number of ketones is 1. The lowest BCUT2D eigenvalue weighted by atomic mass is 10.0. The standard InChI is InChI=1S/C15H9Br2NO2/c16-10-2-3-12(17)11(7-10)15(20)8-1-4-13-9(5-8)6-14(19)18-13/h1-5,7H,6H2,(H,18,19). The van der Waals surface area contributed by atoms with Crippen molar-refractivity contribution in [2.24, 2.45) is 0 Å². The van der Waals surface area contributed by atoms with Gasteiger partial charge in [-0.1, -0.05) is 31.9 Å². The number of nitrogens with one attached hydrogen (secondary N) is 1. The zero-order valence-corrected chi connectivity index (χ0v) is 13.4. The summed E-state index contributed by atoms with van der Waals surface area (Å²) in [5.41, 5.74) is 2.84. The number of benzene rings is 2. The topological polar surface area (TPSA) is 46.2 Å². The molecule has 0 radical (unpaired) electrons. The molecule has 1 aliphatic rings. The maximum Gasteiger partial charge on any atom is 0.228 e. The Kier molecular flexibility index (Phi) is 3.48. The number of hydrogen-bond donors (Lipinski definition) is 1. The van der Waals surface area contributed by atoms with Gasteiger partial charge in [0.2, 0.25) is 5.91 Å². The number of fused-ring (bicyclic) bond motifs is 1. The molecule has 0 saturated carbocycles. The molecule has 0 aromatic heterocycles. The number of halogens is 2. The molecule has 3 nitrogen and oxygen atoms in total. The van der Waals surface area contributed by atoms with Crippen LogP contribution in [0.4, 0.5) is 5.69 Å². The summed E-state index contributed by atoms with van der Waals surface area (Å²) in [5, 5.41) is 2.76. The van der Waals surface area contributed by atoms with E-state index in [1.165, 1.54) is 0 Å². The molecule has 0 bridgehead atoms. The van der Waals surface area contributed by atoms with Gasteiger partial charge in [0, 0.05) is 25.8 Å². The average molecular weight is 395 g/mol. The van der Waals surface area contributed by atoms with E-state index < -0.39 is 0 Å². The number of anilines is 1. The van der Waals surface area contributed by atoms with Crippen LogP contribution in [-0.2, 0) is 11.2 Å². The fraction of sp³-hybridized carbons (Fsp3) is 0.0667. The van der Waals surface area contributed by atoms with Crippen molar-refractivity contribution in [3.8, 4) is 0 Å². The van der Waals surface area contributed by atoms with E-state index in [0.717, 1.165) is 20.2 Å². The number of hydrogen-bond acceptors (Lipinski definition) is 2. The number of rotatable bonds is 2. The molecule has 1 amide bonds. The van der Waals surface area contributed by atoms with Crippen LogP contribution in [0, 0.1) is 0 Å². The molecule has 0 spiro atoms. The Bertz CT molecular complexity index is 741. The highest BCUT2D eigenvalue weighted by Gasteiger charge is 2.20. The lowest BCUT2D eigenvalue weighted by Crippen LogP contribution is -2.03. The first-order chi connectivity index (χ1) is 9.54. The second-order valence-corrected chi connectivity index (χ2v) is 6.32. The first-order valence-corrected chi connectivity index (χ1v) is 7.56. The van der Waals surface area contributed by atoms with Crippen molar-refractivity contribution in [1.29, 1.82) is 0 Å². The maximum absolute atomic E-state index is 12.5. The monoisotopic (exact) mass is 393 g/mol. The molecular weight excluding hydrogens is 386 g/mol. The van der Waals surface area contributed by atoms with Gasteiger partial charge in [-0.3, -0.25) is 9.59 Å². The van der Waals surface area contributed by atoms with E-state index in [-0.39, 0.29) is 11.7 Å². The minimum absolute atomic E-state index is 0.0340. The van der Waals surface area contributed by atoms with E-state index in [2.05, 4.69) is 37.2 Å². The quantitative estimate of drug-likeness (QED) is 0.784. The molecule has 20 heavy (non-hydrogen) atoms. The van der Waals surface area contributed by atoms with Crippen LogP contribution in [0.15, 0.2) is 45.3 Å². The minimum Gasteiger partial charge on any atom is -0.326 e. The molecule has 0 atom stereocenters. The Morgan fingerprint density at radius 1 is 1.10 bits per heavy atom. The van der Waals surface area contributed by atoms with Gasteiger partial charge in [-0.25, -0.2) is 0 Å². The Morgan fingerprint density at radius 2 is 1.90 bits per heavy atom. The predicted molar refractivity (Wildman–Crippen MR) is 84.1 cm³/mol. The van der Waals surface area contributed by atoms with Crippen molar-refractivity contribution < 1.29 is 9.59 Å². The fourth-order valence-electron chi connectivity index (χ4n) is 2.20. The number of carbonyl (C=O) groups excluding carboxylic acids is 2. The summed E-state index contributed by atoms with van der Waals surface area (Å²) in [5.74, 6) is -0.103. The molecule has 1 aliphatic heterocycles. The highest BCUT2D eigenvalue weighted by molar-refractivity contribution is 9.11. The van der Waals surface area contributed by atoms with Crippen LogP contribution in [0.1, 0.15) is 21.5 Å². The molecule has 3 rings (SSSR count). The normalized spacial score (nSPS) is 13.0. The third-order valence-electron chi connectivity index (χ3n) is 3.17. The summed E-state index contributed by atoms with van der Waals surface area (Å²) in [7, 11) is 0.